The van der Waals surface area contributed by atoms with Crippen LogP contribution in [0.3, 0.4) is 0 Å². The number of sulfonamides is 1. The summed E-state index contributed by atoms with van der Waals surface area (Å²) in [6.45, 7) is 1.06. The first-order chi connectivity index (χ1) is 11.8. The third-order valence-electron chi connectivity index (χ3n) is 4.67. The molecule has 0 spiro atoms. The van der Waals surface area contributed by atoms with E-state index in [1.807, 2.05) is 14.1 Å². The Morgan fingerprint density at radius 1 is 1.16 bits per heavy atom. The molecule has 0 saturated carbocycles. The predicted molar refractivity (Wildman–Crippen MR) is 102 cm³/mol. The summed E-state index contributed by atoms with van der Waals surface area (Å²) >= 11 is 0. The van der Waals surface area contributed by atoms with Crippen LogP contribution in [0.1, 0.15) is 6.42 Å². The minimum atomic E-state index is -3.48. The zero-order valence-electron chi connectivity index (χ0n) is 14.3. The molecule has 134 valence electrons. The maximum absolute atomic E-state index is 13.2. The molecule has 1 saturated heterocycles. The first-order valence-corrected chi connectivity index (χ1v) is 10.1. The zero-order chi connectivity index (χ0) is 18.2. The molecule has 0 amide bonds. The molecule has 2 unspecified atom stereocenters. The smallest absolute Gasteiger partial charge is 0.243 e. The molecular formula is C18H22FN2O2PS. The number of nitrogens with zero attached hydrogens (tertiary/aromatic N) is 2. The van der Waals surface area contributed by atoms with Crippen LogP contribution in [0, 0.1) is 5.82 Å². The lowest BCUT2D eigenvalue weighted by molar-refractivity contribution is 0.302. The Bertz CT molecular complexity index is 869. The fourth-order valence-corrected chi connectivity index (χ4v) is 5.02. The van der Waals surface area contributed by atoms with Gasteiger partial charge in [0, 0.05) is 19.1 Å². The summed E-state index contributed by atoms with van der Waals surface area (Å²) in [6, 6.07) is 11.6. The molecule has 0 aromatic heterocycles. The Kier molecular flexibility index (Phi) is 5.26. The van der Waals surface area contributed by atoms with Gasteiger partial charge in [0.2, 0.25) is 10.0 Å². The van der Waals surface area contributed by atoms with E-state index >= 15 is 0 Å². The number of hydrogen-bond donors (Lipinski definition) is 0. The van der Waals surface area contributed by atoms with E-state index in [9.17, 15) is 12.8 Å². The summed E-state index contributed by atoms with van der Waals surface area (Å²) in [5.74, 6) is -0.294. The number of hydrogen-bond acceptors (Lipinski definition) is 3. The second kappa shape index (κ2) is 7.12. The topological polar surface area (TPSA) is 40.6 Å². The van der Waals surface area contributed by atoms with Gasteiger partial charge in [-0.3, -0.25) is 0 Å². The molecule has 1 aliphatic heterocycles. The third kappa shape index (κ3) is 3.77. The molecule has 25 heavy (non-hydrogen) atoms. The number of rotatable bonds is 4. The lowest BCUT2D eigenvalue weighted by atomic mass is 10.1. The zero-order valence-corrected chi connectivity index (χ0v) is 16.3. The highest BCUT2D eigenvalue weighted by molar-refractivity contribution is 7.89. The monoisotopic (exact) mass is 380 g/mol. The summed E-state index contributed by atoms with van der Waals surface area (Å²) in [4.78, 5) is 2.36. The van der Waals surface area contributed by atoms with Gasteiger partial charge in [-0.15, -0.1) is 9.24 Å². The predicted octanol–water partition coefficient (Wildman–Crippen LogP) is 2.32. The Morgan fingerprint density at radius 3 is 2.40 bits per heavy atom. The van der Waals surface area contributed by atoms with Crippen LogP contribution < -0.4 is 5.30 Å². The van der Waals surface area contributed by atoms with Gasteiger partial charge in [0.05, 0.1) is 4.90 Å². The minimum absolute atomic E-state index is 0.257. The summed E-state index contributed by atoms with van der Waals surface area (Å²) in [5.41, 5.74) is 1.72. The fraction of sp³-hybridized carbons (Fsp3) is 0.333. The highest BCUT2D eigenvalue weighted by Gasteiger charge is 2.33. The van der Waals surface area contributed by atoms with Gasteiger partial charge in [-0.2, -0.15) is 4.31 Å². The van der Waals surface area contributed by atoms with E-state index in [1.54, 1.807) is 34.6 Å². The highest BCUT2D eigenvalue weighted by Crippen LogP contribution is 2.26. The molecule has 3 rings (SSSR count). The quantitative estimate of drug-likeness (QED) is 0.765. The van der Waals surface area contributed by atoms with Gasteiger partial charge in [-0.1, -0.05) is 18.2 Å². The van der Waals surface area contributed by atoms with Crippen molar-refractivity contribution < 1.29 is 12.8 Å². The standard InChI is InChI=1S/C18H22FN2O2PS/c1-20(2)15-9-10-21(12-15)25(22,23)16-6-3-13(4-7-16)17-8-5-14(19)11-18(17)24/h3-8,11,15H,9-10,12,24H2,1-2H3. The van der Waals surface area contributed by atoms with Crippen LogP contribution >= 0.6 is 9.24 Å². The Morgan fingerprint density at radius 2 is 1.84 bits per heavy atom. The van der Waals surface area contributed by atoms with Crippen LogP contribution in [-0.4, -0.2) is 50.8 Å². The SMILES string of the molecule is CN(C)C1CCN(S(=O)(=O)c2ccc(-c3ccc(F)cc3P)cc2)C1. The van der Waals surface area contributed by atoms with Crippen LogP contribution in [0.5, 0.6) is 0 Å². The highest BCUT2D eigenvalue weighted by atomic mass is 32.2. The lowest BCUT2D eigenvalue weighted by Gasteiger charge is -2.20. The minimum Gasteiger partial charge on any atom is -0.305 e. The van der Waals surface area contributed by atoms with Crippen molar-refractivity contribution in [2.45, 2.75) is 17.4 Å². The normalized spacial score (nSPS) is 18.8. The molecule has 0 radical (unpaired) electrons. The average molecular weight is 380 g/mol. The second-order valence-corrected chi connectivity index (χ2v) is 9.09. The molecule has 0 N–H and O–H groups in total. The van der Waals surface area contributed by atoms with Gasteiger partial charge in [0.25, 0.3) is 0 Å². The maximum Gasteiger partial charge on any atom is 0.243 e. The number of likely N-dealkylation sites (N-methyl/N-ethyl adjacent to an activating group) is 1. The van der Waals surface area contributed by atoms with E-state index in [2.05, 4.69) is 14.1 Å². The van der Waals surface area contributed by atoms with Crippen molar-refractivity contribution in [2.75, 3.05) is 27.2 Å². The van der Waals surface area contributed by atoms with Gasteiger partial charge in [-0.25, -0.2) is 12.8 Å². The molecule has 2 aromatic carbocycles. The summed E-state index contributed by atoms with van der Waals surface area (Å²) < 4.78 is 40.4. The lowest BCUT2D eigenvalue weighted by Crippen LogP contribution is -2.34. The van der Waals surface area contributed by atoms with Crippen LogP contribution in [-0.2, 0) is 10.0 Å². The van der Waals surface area contributed by atoms with E-state index < -0.39 is 10.0 Å². The summed E-state index contributed by atoms with van der Waals surface area (Å²) in [6.07, 6.45) is 0.844. The van der Waals surface area contributed by atoms with Gasteiger partial charge in [0.1, 0.15) is 5.82 Å². The Labute approximate surface area is 150 Å². The molecule has 1 aliphatic rings. The third-order valence-corrected chi connectivity index (χ3v) is 7.03. The average Bonchev–Trinajstić information content (AvgIpc) is 3.06. The van der Waals surface area contributed by atoms with E-state index in [-0.39, 0.29) is 11.9 Å². The van der Waals surface area contributed by atoms with E-state index in [1.165, 1.54) is 12.1 Å². The molecule has 1 fully saturated rings. The Hall–Kier alpha value is -1.33. The molecule has 1 heterocycles. The Balaban J connectivity index is 1.84. The van der Waals surface area contributed by atoms with Crippen LogP contribution in [0.4, 0.5) is 4.39 Å². The van der Waals surface area contributed by atoms with Crippen LogP contribution in [0.15, 0.2) is 47.4 Å². The van der Waals surface area contributed by atoms with Crippen LogP contribution in [0.25, 0.3) is 11.1 Å². The van der Waals surface area contributed by atoms with Crippen molar-refractivity contribution in [1.29, 1.82) is 0 Å². The van der Waals surface area contributed by atoms with Crippen molar-refractivity contribution in [1.82, 2.24) is 9.21 Å². The second-order valence-electron chi connectivity index (χ2n) is 6.53. The molecule has 7 heteroatoms. The molecule has 2 aromatic rings. The van der Waals surface area contributed by atoms with Crippen molar-refractivity contribution in [2.24, 2.45) is 0 Å². The van der Waals surface area contributed by atoms with E-state index in [0.717, 1.165) is 22.9 Å². The first kappa shape index (κ1) is 18.5. The van der Waals surface area contributed by atoms with Gasteiger partial charge < -0.3 is 4.90 Å². The number of halogens is 1. The van der Waals surface area contributed by atoms with Crippen molar-refractivity contribution in [3.63, 3.8) is 0 Å². The van der Waals surface area contributed by atoms with Gasteiger partial charge in [-0.05, 0) is 61.2 Å². The van der Waals surface area contributed by atoms with Crippen molar-refractivity contribution in [3.8, 4) is 11.1 Å². The fourth-order valence-electron chi connectivity index (χ4n) is 3.10. The van der Waals surface area contributed by atoms with Gasteiger partial charge in [0.15, 0.2) is 0 Å². The first-order valence-electron chi connectivity index (χ1n) is 8.11. The van der Waals surface area contributed by atoms with Crippen LogP contribution in [0.2, 0.25) is 0 Å². The summed E-state index contributed by atoms with van der Waals surface area (Å²) in [7, 11) is 2.97. The van der Waals surface area contributed by atoms with E-state index in [0.29, 0.717) is 18.0 Å². The summed E-state index contributed by atoms with van der Waals surface area (Å²) in [5, 5.41) is 0.740. The van der Waals surface area contributed by atoms with Gasteiger partial charge >= 0.3 is 0 Å². The molecule has 2 atom stereocenters. The molecular weight excluding hydrogens is 358 g/mol. The van der Waals surface area contributed by atoms with E-state index in [4.69, 9.17) is 0 Å². The van der Waals surface area contributed by atoms with Crippen molar-refractivity contribution in [3.05, 3.63) is 48.3 Å². The largest absolute Gasteiger partial charge is 0.305 e. The van der Waals surface area contributed by atoms with Crippen molar-refractivity contribution >= 4 is 24.6 Å². The maximum atomic E-state index is 13.2. The molecule has 4 nitrogen and oxygen atoms in total. The number of benzene rings is 2. The molecule has 0 bridgehead atoms. The molecule has 0 aliphatic carbocycles.